The third-order valence-corrected chi connectivity index (χ3v) is 6.39. The lowest BCUT2D eigenvalue weighted by molar-refractivity contribution is -0.153. The van der Waals surface area contributed by atoms with Gasteiger partial charge in [0.2, 0.25) is 5.91 Å². The number of carbonyl (C=O) groups is 3. The van der Waals surface area contributed by atoms with E-state index in [1.54, 1.807) is 0 Å². The highest BCUT2D eigenvalue weighted by Gasteiger charge is 2.43. The van der Waals surface area contributed by atoms with Gasteiger partial charge in [-0.1, -0.05) is 25.3 Å². The number of hydrogen-bond acceptors (Lipinski definition) is 5. The molecule has 7 heteroatoms. The number of rotatable bonds is 4. The Bertz CT molecular complexity index is 645. The molecule has 1 saturated heterocycles. The fourth-order valence-corrected chi connectivity index (χ4v) is 4.66. The van der Waals surface area contributed by atoms with Crippen LogP contribution in [-0.4, -0.2) is 48.4 Å². The minimum absolute atomic E-state index is 0.0390. The first-order chi connectivity index (χ1) is 12.6. The van der Waals surface area contributed by atoms with Gasteiger partial charge in [-0.25, -0.2) is 4.79 Å². The zero-order chi connectivity index (χ0) is 18.6. The number of thiophene rings is 1. The molecule has 142 valence electrons. The summed E-state index contributed by atoms with van der Waals surface area (Å²) in [6.07, 6.45) is 5.45. The molecule has 2 aliphatic rings. The molecule has 0 spiro atoms. The van der Waals surface area contributed by atoms with Gasteiger partial charge in [-0.05, 0) is 37.1 Å². The average molecular weight is 378 g/mol. The normalized spacial score (nSPS) is 20.4. The van der Waals surface area contributed by atoms with Crippen molar-refractivity contribution in [3.8, 4) is 0 Å². The van der Waals surface area contributed by atoms with Gasteiger partial charge in [0.15, 0.2) is 0 Å². The molecule has 1 aromatic heterocycles. The number of nitrogens with zero attached hydrogens (tertiary/aromatic N) is 1. The number of piperidine rings is 1. The van der Waals surface area contributed by atoms with Crippen LogP contribution in [0.3, 0.4) is 0 Å². The fourth-order valence-electron chi connectivity index (χ4n) is 3.97. The number of hydrogen-bond donors (Lipinski definition) is 1. The van der Waals surface area contributed by atoms with E-state index in [2.05, 4.69) is 5.32 Å². The van der Waals surface area contributed by atoms with Crippen LogP contribution in [0.15, 0.2) is 17.5 Å². The van der Waals surface area contributed by atoms with Crippen LogP contribution in [-0.2, 0) is 14.3 Å². The summed E-state index contributed by atoms with van der Waals surface area (Å²) < 4.78 is 4.97. The van der Waals surface area contributed by atoms with Crippen molar-refractivity contribution in [3.05, 3.63) is 22.4 Å². The Kier molecular flexibility index (Phi) is 5.96. The predicted molar refractivity (Wildman–Crippen MR) is 98.9 cm³/mol. The van der Waals surface area contributed by atoms with Crippen molar-refractivity contribution in [2.75, 3.05) is 20.2 Å². The van der Waals surface area contributed by atoms with E-state index in [0.717, 1.165) is 24.1 Å². The van der Waals surface area contributed by atoms with E-state index < -0.39 is 5.54 Å². The third kappa shape index (κ3) is 3.92. The van der Waals surface area contributed by atoms with E-state index in [0.29, 0.717) is 38.8 Å². The van der Waals surface area contributed by atoms with E-state index in [1.165, 1.54) is 18.4 Å². The predicted octanol–water partition coefficient (Wildman–Crippen LogP) is 2.59. The van der Waals surface area contributed by atoms with Gasteiger partial charge in [0.1, 0.15) is 5.54 Å². The Labute approximate surface area is 157 Å². The first-order valence-corrected chi connectivity index (χ1v) is 10.2. The van der Waals surface area contributed by atoms with Crippen molar-refractivity contribution in [1.82, 2.24) is 10.2 Å². The summed E-state index contributed by atoms with van der Waals surface area (Å²) in [5.41, 5.74) is -0.867. The first-order valence-electron chi connectivity index (χ1n) is 9.29. The Morgan fingerprint density at radius 2 is 1.88 bits per heavy atom. The molecule has 6 nitrogen and oxygen atoms in total. The van der Waals surface area contributed by atoms with Gasteiger partial charge < -0.3 is 15.0 Å². The van der Waals surface area contributed by atoms with E-state index >= 15 is 0 Å². The second kappa shape index (κ2) is 8.20. The highest BCUT2D eigenvalue weighted by Crippen LogP contribution is 2.30. The lowest BCUT2D eigenvalue weighted by Crippen LogP contribution is -2.58. The highest BCUT2D eigenvalue weighted by molar-refractivity contribution is 7.12. The van der Waals surface area contributed by atoms with Crippen LogP contribution in [0.2, 0.25) is 0 Å². The van der Waals surface area contributed by atoms with Crippen LogP contribution in [0, 0.1) is 5.92 Å². The lowest BCUT2D eigenvalue weighted by atomic mass is 9.81. The van der Waals surface area contributed by atoms with Crippen molar-refractivity contribution in [2.24, 2.45) is 5.92 Å². The number of esters is 1. The summed E-state index contributed by atoms with van der Waals surface area (Å²) in [4.78, 5) is 40.0. The summed E-state index contributed by atoms with van der Waals surface area (Å²) in [5.74, 6) is -0.542. The van der Waals surface area contributed by atoms with Crippen molar-refractivity contribution in [1.29, 1.82) is 0 Å². The van der Waals surface area contributed by atoms with E-state index in [4.69, 9.17) is 4.74 Å². The molecule has 0 atom stereocenters. The molecule has 26 heavy (non-hydrogen) atoms. The zero-order valence-corrected chi connectivity index (χ0v) is 16.0. The monoisotopic (exact) mass is 378 g/mol. The summed E-state index contributed by atoms with van der Waals surface area (Å²) >= 11 is 1.44. The summed E-state index contributed by atoms with van der Waals surface area (Å²) in [6, 6.07) is 3.70. The molecule has 1 aromatic rings. The zero-order valence-electron chi connectivity index (χ0n) is 15.2. The molecule has 0 radical (unpaired) electrons. The molecule has 1 saturated carbocycles. The van der Waals surface area contributed by atoms with Gasteiger partial charge in [-0.15, -0.1) is 11.3 Å². The van der Waals surface area contributed by atoms with Crippen LogP contribution in [0.25, 0.3) is 0 Å². The third-order valence-electron chi connectivity index (χ3n) is 5.53. The Morgan fingerprint density at radius 3 is 2.46 bits per heavy atom. The Hall–Kier alpha value is -1.89. The van der Waals surface area contributed by atoms with Crippen LogP contribution in [0.5, 0.6) is 0 Å². The van der Waals surface area contributed by atoms with Crippen molar-refractivity contribution in [3.63, 3.8) is 0 Å². The number of nitrogens with one attached hydrogen (secondary N) is 1. The molecule has 1 aliphatic carbocycles. The van der Waals surface area contributed by atoms with Crippen molar-refractivity contribution in [2.45, 2.75) is 50.5 Å². The fraction of sp³-hybridized carbons (Fsp3) is 0.632. The molecule has 1 N–H and O–H groups in total. The van der Waals surface area contributed by atoms with Crippen LogP contribution < -0.4 is 5.32 Å². The van der Waals surface area contributed by atoms with E-state index in [9.17, 15) is 14.4 Å². The van der Waals surface area contributed by atoms with Gasteiger partial charge in [0.25, 0.3) is 5.91 Å². The van der Waals surface area contributed by atoms with Crippen molar-refractivity contribution < 1.29 is 19.1 Å². The Morgan fingerprint density at radius 1 is 1.19 bits per heavy atom. The number of amides is 2. The molecule has 1 aliphatic heterocycles. The van der Waals surface area contributed by atoms with Crippen LogP contribution >= 0.6 is 11.3 Å². The molecule has 2 fully saturated rings. The quantitative estimate of drug-likeness (QED) is 0.817. The SMILES string of the molecule is COC(=O)C1(NC(=O)C2CCN(C(=O)c3cccs3)CC2)CCCCC1. The molecule has 0 bridgehead atoms. The smallest absolute Gasteiger partial charge is 0.331 e. The van der Waals surface area contributed by atoms with E-state index in [1.807, 2.05) is 22.4 Å². The van der Waals surface area contributed by atoms with Crippen LogP contribution in [0.4, 0.5) is 0 Å². The second-order valence-corrected chi connectivity index (χ2v) is 8.12. The van der Waals surface area contributed by atoms with Gasteiger partial charge in [0, 0.05) is 19.0 Å². The molecule has 0 aromatic carbocycles. The standard InChI is InChI=1S/C19H26N2O4S/c1-25-18(24)19(9-3-2-4-10-19)20-16(22)14-7-11-21(12-8-14)17(23)15-6-5-13-26-15/h5-6,13-14H,2-4,7-12H2,1H3,(H,20,22). The second-order valence-electron chi connectivity index (χ2n) is 7.17. The average Bonchev–Trinajstić information content (AvgIpc) is 3.22. The maximum atomic E-state index is 12.8. The van der Waals surface area contributed by atoms with Gasteiger partial charge >= 0.3 is 5.97 Å². The van der Waals surface area contributed by atoms with Gasteiger partial charge in [-0.2, -0.15) is 0 Å². The summed E-state index contributed by atoms with van der Waals surface area (Å²) in [7, 11) is 1.37. The highest BCUT2D eigenvalue weighted by atomic mass is 32.1. The maximum absolute atomic E-state index is 12.8. The molecule has 3 rings (SSSR count). The maximum Gasteiger partial charge on any atom is 0.331 e. The summed E-state index contributed by atoms with van der Waals surface area (Å²) in [6.45, 7) is 1.14. The number of methoxy groups -OCH3 is 1. The minimum Gasteiger partial charge on any atom is -0.467 e. The lowest BCUT2D eigenvalue weighted by Gasteiger charge is -2.38. The first kappa shape index (κ1) is 18.9. The molecule has 2 heterocycles. The van der Waals surface area contributed by atoms with Gasteiger partial charge in [-0.3, -0.25) is 9.59 Å². The number of ether oxygens (including phenoxy) is 1. The Balaban J connectivity index is 1.57. The molecular formula is C19H26N2O4S. The molecular weight excluding hydrogens is 352 g/mol. The topological polar surface area (TPSA) is 75.7 Å². The van der Waals surface area contributed by atoms with E-state index in [-0.39, 0.29) is 23.7 Å². The number of likely N-dealkylation sites (tertiary alicyclic amines) is 1. The van der Waals surface area contributed by atoms with Gasteiger partial charge in [0.05, 0.1) is 12.0 Å². The molecule has 0 unspecified atom stereocenters. The number of carbonyl (C=O) groups excluding carboxylic acids is 3. The van der Waals surface area contributed by atoms with Crippen molar-refractivity contribution >= 4 is 29.1 Å². The largest absolute Gasteiger partial charge is 0.467 e. The minimum atomic E-state index is -0.867. The summed E-state index contributed by atoms with van der Waals surface area (Å²) in [5, 5.41) is 4.90. The molecule has 2 amide bonds. The van der Waals surface area contributed by atoms with Crippen LogP contribution in [0.1, 0.15) is 54.6 Å².